The quantitative estimate of drug-likeness (QED) is 0.350. The van der Waals surface area contributed by atoms with Gasteiger partial charge in [-0.2, -0.15) is 0 Å². The Morgan fingerprint density at radius 3 is 2.15 bits per heavy atom. The van der Waals surface area contributed by atoms with Crippen LogP contribution < -0.4 is 0 Å². The van der Waals surface area contributed by atoms with Gasteiger partial charge in [0.1, 0.15) is 5.60 Å². The number of carbonyl (C=O) groups is 1. The first-order valence-corrected chi connectivity index (χ1v) is 9.67. The SMILES string of the molecule is CCN=C(N(C)C)N1CCC(N(CC2CC2)C(=O)OC(C)(C)C)CC1.I. The Kier molecular flexibility index (Phi) is 8.96. The number of aliphatic imine (C=N–C) groups is 1. The van der Waals surface area contributed by atoms with E-state index in [2.05, 4.69) is 21.7 Å². The second kappa shape index (κ2) is 9.99. The van der Waals surface area contributed by atoms with Gasteiger partial charge in [-0.25, -0.2) is 4.79 Å². The van der Waals surface area contributed by atoms with Gasteiger partial charge in [0.2, 0.25) is 0 Å². The lowest BCUT2D eigenvalue weighted by Crippen LogP contribution is -2.52. The molecule has 1 amide bonds. The molecule has 2 rings (SSSR count). The first kappa shape index (κ1) is 23.3. The topological polar surface area (TPSA) is 48.4 Å². The number of amides is 1. The van der Waals surface area contributed by atoms with Gasteiger partial charge < -0.3 is 19.4 Å². The highest BCUT2D eigenvalue weighted by molar-refractivity contribution is 14.0. The fourth-order valence-corrected chi connectivity index (χ4v) is 3.32. The maximum Gasteiger partial charge on any atom is 0.410 e. The summed E-state index contributed by atoms with van der Waals surface area (Å²) >= 11 is 0. The first-order chi connectivity index (χ1) is 11.7. The third kappa shape index (κ3) is 7.12. The van der Waals surface area contributed by atoms with E-state index >= 15 is 0 Å². The van der Waals surface area contributed by atoms with Gasteiger partial charge in [0.05, 0.1) is 0 Å². The third-order valence-corrected chi connectivity index (χ3v) is 4.67. The van der Waals surface area contributed by atoms with E-state index in [1.807, 2.05) is 39.8 Å². The molecule has 26 heavy (non-hydrogen) atoms. The Morgan fingerprint density at radius 1 is 1.15 bits per heavy atom. The molecule has 0 unspecified atom stereocenters. The summed E-state index contributed by atoms with van der Waals surface area (Å²) in [6.07, 6.45) is 4.29. The van der Waals surface area contributed by atoms with Crippen molar-refractivity contribution in [2.24, 2.45) is 10.9 Å². The van der Waals surface area contributed by atoms with Gasteiger partial charge in [0.25, 0.3) is 0 Å². The van der Waals surface area contributed by atoms with Crippen molar-refractivity contribution in [2.45, 2.75) is 65.0 Å². The van der Waals surface area contributed by atoms with Crippen LogP contribution in [-0.4, -0.2) is 78.7 Å². The van der Waals surface area contributed by atoms with Gasteiger partial charge in [0, 0.05) is 46.3 Å². The molecule has 0 aromatic heterocycles. The molecule has 1 saturated carbocycles. The molecule has 0 aromatic rings. The summed E-state index contributed by atoms with van der Waals surface area (Å²) in [5, 5.41) is 0. The summed E-state index contributed by atoms with van der Waals surface area (Å²) in [6, 6.07) is 0.275. The molecule has 6 nitrogen and oxygen atoms in total. The molecule has 0 aromatic carbocycles. The van der Waals surface area contributed by atoms with Crippen molar-refractivity contribution in [3.63, 3.8) is 0 Å². The average molecular weight is 480 g/mol. The number of ether oxygens (including phenoxy) is 1. The van der Waals surface area contributed by atoms with Crippen molar-refractivity contribution in [3.8, 4) is 0 Å². The number of hydrogen-bond donors (Lipinski definition) is 0. The number of rotatable bonds is 4. The number of piperidine rings is 1. The predicted octanol–water partition coefficient (Wildman–Crippen LogP) is 3.65. The van der Waals surface area contributed by atoms with Crippen LogP contribution in [0.25, 0.3) is 0 Å². The van der Waals surface area contributed by atoms with Crippen molar-refractivity contribution in [3.05, 3.63) is 0 Å². The van der Waals surface area contributed by atoms with Crippen molar-refractivity contribution in [1.82, 2.24) is 14.7 Å². The Labute approximate surface area is 176 Å². The Bertz CT molecular complexity index is 478. The minimum atomic E-state index is -0.439. The fraction of sp³-hybridized carbons (Fsp3) is 0.895. The van der Waals surface area contributed by atoms with Crippen molar-refractivity contribution < 1.29 is 9.53 Å². The van der Waals surface area contributed by atoms with Gasteiger partial charge in [-0.15, -0.1) is 24.0 Å². The minimum absolute atomic E-state index is 0. The van der Waals surface area contributed by atoms with Gasteiger partial charge in [-0.05, 0) is 59.3 Å². The lowest BCUT2D eigenvalue weighted by molar-refractivity contribution is 0.00911. The Balaban J connectivity index is 0.00000338. The average Bonchev–Trinajstić information content (AvgIpc) is 3.32. The molecule has 1 saturated heterocycles. The summed E-state index contributed by atoms with van der Waals surface area (Å²) in [5.41, 5.74) is -0.439. The number of guanidine groups is 1. The van der Waals surface area contributed by atoms with E-state index in [0.717, 1.165) is 45.0 Å². The summed E-state index contributed by atoms with van der Waals surface area (Å²) in [4.78, 5) is 23.8. The molecule has 152 valence electrons. The largest absolute Gasteiger partial charge is 0.444 e. The molecule has 0 N–H and O–H groups in total. The van der Waals surface area contributed by atoms with Crippen LogP contribution in [0.4, 0.5) is 4.79 Å². The Morgan fingerprint density at radius 2 is 1.73 bits per heavy atom. The number of likely N-dealkylation sites (tertiary alicyclic amines) is 1. The van der Waals surface area contributed by atoms with E-state index in [9.17, 15) is 4.79 Å². The van der Waals surface area contributed by atoms with Gasteiger partial charge in [0.15, 0.2) is 5.96 Å². The minimum Gasteiger partial charge on any atom is -0.444 e. The van der Waals surface area contributed by atoms with Crippen LogP contribution in [0.5, 0.6) is 0 Å². The van der Waals surface area contributed by atoms with Crippen LogP contribution >= 0.6 is 24.0 Å². The lowest BCUT2D eigenvalue weighted by atomic mass is 10.0. The summed E-state index contributed by atoms with van der Waals surface area (Å²) in [7, 11) is 4.08. The number of hydrogen-bond acceptors (Lipinski definition) is 3. The van der Waals surface area contributed by atoms with Crippen molar-refractivity contribution in [1.29, 1.82) is 0 Å². The van der Waals surface area contributed by atoms with Crippen molar-refractivity contribution >= 4 is 36.0 Å². The van der Waals surface area contributed by atoms with Gasteiger partial charge in [-0.1, -0.05) is 0 Å². The normalized spacial score (nSPS) is 19.0. The molecule has 1 heterocycles. The molecule has 1 aliphatic heterocycles. The second-order valence-electron chi connectivity index (χ2n) is 8.46. The molecule has 7 heteroatoms. The highest BCUT2D eigenvalue weighted by Crippen LogP contribution is 2.32. The highest BCUT2D eigenvalue weighted by atomic mass is 127. The predicted molar refractivity (Wildman–Crippen MR) is 117 cm³/mol. The monoisotopic (exact) mass is 480 g/mol. The van der Waals surface area contributed by atoms with E-state index < -0.39 is 5.60 Å². The summed E-state index contributed by atoms with van der Waals surface area (Å²) < 4.78 is 5.67. The fourth-order valence-electron chi connectivity index (χ4n) is 3.32. The maximum atomic E-state index is 12.7. The molecule has 1 aliphatic carbocycles. The molecular formula is C19H37IN4O2. The van der Waals surface area contributed by atoms with Crippen LogP contribution in [0.3, 0.4) is 0 Å². The standard InChI is InChI=1S/C19H36N4O2.HI/c1-7-20-17(21(5)6)22-12-10-16(11-13-22)23(14-15-8-9-15)18(24)25-19(2,3)4;/h15-16H,7-14H2,1-6H3;1H. The van der Waals surface area contributed by atoms with Crippen molar-refractivity contribution in [2.75, 3.05) is 40.3 Å². The molecule has 0 radical (unpaired) electrons. The van der Waals surface area contributed by atoms with E-state index in [0.29, 0.717) is 5.92 Å². The molecule has 2 fully saturated rings. The molecular weight excluding hydrogens is 443 g/mol. The highest BCUT2D eigenvalue weighted by Gasteiger charge is 2.35. The van der Waals surface area contributed by atoms with E-state index in [4.69, 9.17) is 4.74 Å². The van der Waals surface area contributed by atoms with Crippen LogP contribution in [-0.2, 0) is 4.74 Å². The van der Waals surface area contributed by atoms with E-state index in [-0.39, 0.29) is 36.1 Å². The smallest absolute Gasteiger partial charge is 0.410 e. The molecule has 2 aliphatic rings. The zero-order chi connectivity index (χ0) is 18.6. The lowest BCUT2D eigenvalue weighted by Gasteiger charge is -2.41. The maximum absolute atomic E-state index is 12.7. The van der Waals surface area contributed by atoms with Crippen LogP contribution in [0, 0.1) is 5.92 Å². The van der Waals surface area contributed by atoms with E-state index in [1.54, 1.807) is 0 Å². The first-order valence-electron chi connectivity index (χ1n) is 9.67. The summed E-state index contributed by atoms with van der Waals surface area (Å²) in [6.45, 7) is 11.4. The molecule has 0 bridgehead atoms. The number of carbonyl (C=O) groups excluding carboxylic acids is 1. The third-order valence-electron chi connectivity index (χ3n) is 4.67. The van der Waals surface area contributed by atoms with Crippen LogP contribution in [0.1, 0.15) is 53.4 Å². The Hall–Kier alpha value is -0.730. The van der Waals surface area contributed by atoms with Crippen LogP contribution in [0.15, 0.2) is 4.99 Å². The van der Waals surface area contributed by atoms with Crippen LogP contribution in [0.2, 0.25) is 0 Å². The zero-order valence-electron chi connectivity index (χ0n) is 17.3. The summed E-state index contributed by atoms with van der Waals surface area (Å²) in [5.74, 6) is 1.72. The zero-order valence-corrected chi connectivity index (χ0v) is 19.7. The van der Waals surface area contributed by atoms with Gasteiger partial charge >= 0.3 is 6.09 Å². The van der Waals surface area contributed by atoms with Gasteiger partial charge in [-0.3, -0.25) is 4.99 Å². The second-order valence-corrected chi connectivity index (χ2v) is 8.46. The molecule has 0 spiro atoms. The van der Waals surface area contributed by atoms with E-state index in [1.165, 1.54) is 12.8 Å². The number of halogens is 1. The number of nitrogens with zero attached hydrogens (tertiary/aromatic N) is 4. The molecule has 0 atom stereocenters.